The summed E-state index contributed by atoms with van der Waals surface area (Å²) in [5.41, 5.74) is 1.95. The van der Waals surface area contributed by atoms with E-state index in [1.165, 1.54) is 17.7 Å². The summed E-state index contributed by atoms with van der Waals surface area (Å²) in [5.74, 6) is -0.306. The first kappa shape index (κ1) is 15.0. The molecule has 3 rings (SSSR count). The highest BCUT2D eigenvalue weighted by atomic mass is 32.1. The van der Waals surface area contributed by atoms with Gasteiger partial charge in [0.05, 0.1) is 0 Å². The van der Waals surface area contributed by atoms with Crippen LogP contribution in [0.2, 0.25) is 0 Å². The number of benzene rings is 1. The summed E-state index contributed by atoms with van der Waals surface area (Å²) in [7, 11) is 0. The molecule has 1 aliphatic heterocycles. The molecule has 1 saturated heterocycles. The molecule has 1 aliphatic rings. The average Bonchev–Trinajstić information content (AvgIpc) is 3.03. The van der Waals surface area contributed by atoms with E-state index >= 15 is 0 Å². The fourth-order valence-electron chi connectivity index (χ4n) is 2.49. The van der Waals surface area contributed by atoms with E-state index in [1.54, 1.807) is 28.4 Å². The number of nitrogens with one attached hydrogen (secondary N) is 1. The number of amides is 2. The Hall–Kier alpha value is -1.92. The van der Waals surface area contributed by atoms with Gasteiger partial charge in [0.25, 0.3) is 0 Å². The van der Waals surface area contributed by atoms with Crippen LogP contribution in [0.3, 0.4) is 0 Å². The minimum absolute atomic E-state index is 0.123. The van der Waals surface area contributed by atoms with Crippen LogP contribution in [0.4, 0.5) is 14.9 Å². The lowest BCUT2D eigenvalue weighted by atomic mass is 10.2. The Bertz CT molecular complexity index is 607. The molecule has 22 heavy (non-hydrogen) atoms. The van der Waals surface area contributed by atoms with Gasteiger partial charge in [-0.3, -0.25) is 4.90 Å². The minimum atomic E-state index is -0.306. The molecule has 2 aromatic rings. The highest BCUT2D eigenvalue weighted by molar-refractivity contribution is 7.07. The molecule has 116 valence electrons. The van der Waals surface area contributed by atoms with Crippen LogP contribution in [0.5, 0.6) is 0 Å². The van der Waals surface area contributed by atoms with Gasteiger partial charge in [-0.05, 0) is 46.7 Å². The zero-order chi connectivity index (χ0) is 15.4. The monoisotopic (exact) mass is 319 g/mol. The normalized spacial score (nSPS) is 15.8. The van der Waals surface area contributed by atoms with E-state index < -0.39 is 0 Å². The molecule has 0 bridgehead atoms. The van der Waals surface area contributed by atoms with Gasteiger partial charge in [-0.1, -0.05) is 0 Å². The number of carbonyl (C=O) groups is 1. The van der Waals surface area contributed by atoms with E-state index in [0.29, 0.717) is 18.8 Å². The number of carbonyl (C=O) groups excluding carboxylic acids is 1. The molecule has 1 aromatic carbocycles. The number of anilines is 1. The third-order valence-electron chi connectivity index (χ3n) is 3.74. The smallest absolute Gasteiger partial charge is 0.321 e. The Balaban J connectivity index is 1.48. The molecule has 0 spiro atoms. The van der Waals surface area contributed by atoms with Crippen molar-refractivity contribution in [1.82, 2.24) is 9.80 Å². The van der Waals surface area contributed by atoms with Gasteiger partial charge in [-0.2, -0.15) is 11.3 Å². The number of nitrogens with zero attached hydrogens (tertiary/aromatic N) is 2. The van der Waals surface area contributed by atoms with Crippen LogP contribution in [0.15, 0.2) is 41.1 Å². The molecule has 1 aromatic heterocycles. The first-order valence-electron chi connectivity index (χ1n) is 7.25. The summed E-state index contributed by atoms with van der Waals surface area (Å²) in [4.78, 5) is 16.3. The van der Waals surface area contributed by atoms with Crippen molar-refractivity contribution in [3.05, 3.63) is 52.5 Å². The number of piperazine rings is 1. The van der Waals surface area contributed by atoms with E-state index in [2.05, 4.69) is 27.0 Å². The Morgan fingerprint density at radius 2 is 1.86 bits per heavy atom. The first-order valence-corrected chi connectivity index (χ1v) is 8.20. The molecular formula is C16H18FN3OS. The fourth-order valence-corrected chi connectivity index (χ4v) is 3.15. The Labute approximate surface area is 133 Å². The lowest BCUT2D eigenvalue weighted by Gasteiger charge is -2.34. The van der Waals surface area contributed by atoms with Crippen molar-refractivity contribution < 1.29 is 9.18 Å². The summed E-state index contributed by atoms with van der Waals surface area (Å²) in [6, 6.07) is 7.84. The molecule has 0 unspecified atom stereocenters. The van der Waals surface area contributed by atoms with Gasteiger partial charge in [-0.15, -0.1) is 0 Å². The molecule has 0 aliphatic carbocycles. The summed E-state index contributed by atoms with van der Waals surface area (Å²) >= 11 is 1.71. The summed E-state index contributed by atoms with van der Waals surface area (Å²) in [6.07, 6.45) is 0. The lowest BCUT2D eigenvalue weighted by molar-refractivity contribution is 0.143. The molecule has 4 nitrogen and oxygen atoms in total. The van der Waals surface area contributed by atoms with Crippen LogP contribution in [0.1, 0.15) is 5.56 Å². The standard InChI is InChI=1S/C16H18FN3OS/c17-14-1-3-15(4-2-14)18-16(21)20-8-6-19(7-9-20)11-13-5-10-22-12-13/h1-5,10,12H,6-9,11H2,(H,18,21). The minimum Gasteiger partial charge on any atom is -0.322 e. The quantitative estimate of drug-likeness (QED) is 0.943. The highest BCUT2D eigenvalue weighted by Crippen LogP contribution is 2.13. The second kappa shape index (κ2) is 6.89. The molecule has 1 N–H and O–H groups in total. The van der Waals surface area contributed by atoms with Crippen LogP contribution in [-0.2, 0) is 6.54 Å². The second-order valence-corrected chi connectivity index (χ2v) is 6.11. The maximum absolute atomic E-state index is 12.8. The highest BCUT2D eigenvalue weighted by Gasteiger charge is 2.21. The molecule has 0 saturated carbocycles. The summed E-state index contributed by atoms with van der Waals surface area (Å²) < 4.78 is 12.8. The number of rotatable bonds is 3. The third-order valence-corrected chi connectivity index (χ3v) is 4.47. The molecule has 0 radical (unpaired) electrons. The van der Waals surface area contributed by atoms with Gasteiger partial charge in [0, 0.05) is 38.4 Å². The van der Waals surface area contributed by atoms with Crippen molar-refractivity contribution in [3.8, 4) is 0 Å². The van der Waals surface area contributed by atoms with E-state index in [4.69, 9.17) is 0 Å². The van der Waals surface area contributed by atoms with E-state index in [1.807, 2.05) is 0 Å². The van der Waals surface area contributed by atoms with E-state index in [-0.39, 0.29) is 11.8 Å². The molecule has 2 amide bonds. The van der Waals surface area contributed by atoms with Crippen molar-refractivity contribution in [2.45, 2.75) is 6.54 Å². The Morgan fingerprint density at radius 1 is 1.14 bits per heavy atom. The topological polar surface area (TPSA) is 35.6 Å². The Kier molecular flexibility index (Phi) is 4.70. The number of urea groups is 1. The summed E-state index contributed by atoms with van der Waals surface area (Å²) in [5, 5.41) is 7.05. The number of hydrogen-bond donors (Lipinski definition) is 1. The number of hydrogen-bond acceptors (Lipinski definition) is 3. The molecule has 1 fully saturated rings. The Morgan fingerprint density at radius 3 is 2.50 bits per heavy atom. The van der Waals surface area contributed by atoms with Gasteiger partial charge in [0.15, 0.2) is 0 Å². The molecule has 2 heterocycles. The zero-order valence-corrected chi connectivity index (χ0v) is 13.0. The predicted molar refractivity (Wildman–Crippen MR) is 86.6 cm³/mol. The lowest BCUT2D eigenvalue weighted by Crippen LogP contribution is -2.49. The third kappa shape index (κ3) is 3.84. The van der Waals surface area contributed by atoms with E-state index in [9.17, 15) is 9.18 Å². The van der Waals surface area contributed by atoms with Gasteiger partial charge in [0.2, 0.25) is 0 Å². The maximum Gasteiger partial charge on any atom is 0.321 e. The van der Waals surface area contributed by atoms with Gasteiger partial charge in [-0.25, -0.2) is 9.18 Å². The number of thiophene rings is 1. The maximum atomic E-state index is 12.8. The van der Waals surface area contributed by atoms with Crippen LogP contribution in [-0.4, -0.2) is 42.0 Å². The fraction of sp³-hybridized carbons (Fsp3) is 0.312. The van der Waals surface area contributed by atoms with Crippen molar-refractivity contribution in [2.24, 2.45) is 0 Å². The summed E-state index contributed by atoms with van der Waals surface area (Å²) in [6.45, 7) is 4.09. The van der Waals surface area contributed by atoms with Crippen molar-refractivity contribution in [1.29, 1.82) is 0 Å². The van der Waals surface area contributed by atoms with Crippen LogP contribution >= 0.6 is 11.3 Å². The average molecular weight is 319 g/mol. The van der Waals surface area contributed by atoms with E-state index in [0.717, 1.165) is 19.6 Å². The van der Waals surface area contributed by atoms with Crippen molar-refractivity contribution >= 4 is 23.1 Å². The molecule has 0 atom stereocenters. The van der Waals surface area contributed by atoms with Gasteiger partial charge < -0.3 is 10.2 Å². The molecule has 6 heteroatoms. The zero-order valence-electron chi connectivity index (χ0n) is 12.2. The predicted octanol–water partition coefficient (Wildman–Crippen LogP) is 3.24. The second-order valence-electron chi connectivity index (χ2n) is 5.33. The van der Waals surface area contributed by atoms with Crippen molar-refractivity contribution in [2.75, 3.05) is 31.5 Å². The molecular weight excluding hydrogens is 301 g/mol. The van der Waals surface area contributed by atoms with Gasteiger partial charge in [0.1, 0.15) is 5.82 Å². The van der Waals surface area contributed by atoms with Crippen molar-refractivity contribution in [3.63, 3.8) is 0 Å². The largest absolute Gasteiger partial charge is 0.322 e. The van der Waals surface area contributed by atoms with Crippen LogP contribution in [0, 0.1) is 5.82 Å². The first-order chi connectivity index (χ1) is 10.7. The van der Waals surface area contributed by atoms with Crippen LogP contribution < -0.4 is 5.32 Å². The van der Waals surface area contributed by atoms with Crippen LogP contribution in [0.25, 0.3) is 0 Å². The SMILES string of the molecule is O=C(Nc1ccc(F)cc1)N1CCN(Cc2ccsc2)CC1. The number of halogens is 1. The van der Waals surface area contributed by atoms with Gasteiger partial charge >= 0.3 is 6.03 Å².